The summed E-state index contributed by atoms with van der Waals surface area (Å²) in [5.41, 5.74) is 2.82. The van der Waals surface area contributed by atoms with Crippen molar-refractivity contribution in [1.82, 2.24) is 5.32 Å². The van der Waals surface area contributed by atoms with Crippen LogP contribution in [0.15, 0.2) is 30.3 Å². The maximum absolute atomic E-state index is 12.3. The number of hydrogen-bond acceptors (Lipinski definition) is 5. The highest BCUT2D eigenvalue weighted by Crippen LogP contribution is 2.33. The van der Waals surface area contributed by atoms with Crippen molar-refractivity contribution in [3.05, 3.63) is 47.0 Å². The van der Waals surface area contributed by atoms with E-state index in [4.69, 9.17) is 18.9 Å². The van der Waals surface area contributed by atoms with Crippen molar-refractivity contribution in [3.63, 3.8) is 0 Å². The van der Waals surface area contributed by atoms with Crippen molar-refractivity contribution in [2.24, 2.45) is 0 Å². The second-order valence-corrected chi connectivity index (χ2v) is 6.00. The van der Waals surface area contributed by atoms with Gasteiger partial charge in [0.25, 0.3) is 5.91 Å². The molecule has 0 fully saturated rings. The van der Waals surface area contributed by atoms with Gasteiger partial charge in [-0.1, -0.05) is 0 Å². The van der Waals surface area contributed by atoms with Crippen LogP contribution in [0.1, 0.15) is 21.5 Å². The zero-order valence-corrected chi connectivity index (χ0v) is 14.0. The molecule has 0 unspecified atom stereocenters. The number of carbonyl (C=O) groups is 1. The molecule has 0 radical (unpaired) electrons. The maximum atomic E-state index is 12.3. The van der Waals surface area contributed by atoms with Crippen molar-refractivity contribution in [2.45, 2.75) is 13.3 Å². The van der Waals surface area contributed by atoms with E-state index in [-0.39, 0.29) is 12.7 Å². The van der Waals surface area contributed by atoms with E-state index in [1.165, 1.54) is 0 Å². The predicted molar refractivity (Wildman–Crippen MR) is 90.8 cm³/mol. The van der Waals surface area contributed by atoms with Crippen LogP contribution >= 0.6 is 0 Å². The lowest BCUT2D eigenvalue weighted by Gasteiger charge is -2.20. The van der Waals surface area contributed by atoms with Gasteiger partial charge in [-0.25, -0.2) is 0 Å². The van der Waals surface area contributed by atoms with Crippen molar-refractivity contribution < 1.29 is 23.7 Å². The summed E-state index contributed by atoms with van der Waals surface area (Å²) in [6.07, 6.45) is 0.721. The standard InChI is InChI=1S/C19H19NO5/c1-12-8-16-18(23-7-6-22-16)9-13(12)4-5-20-19(21)14-2-3-15-17(10-14)25-11-24-15/h2-3,8-10H,4-7,11H2,1H3,(H,20,21). The van der Waals surface area contributed by atoms with E-state index in [1.807, 2.05) is 19.1 Å². The smallest absolute Gasteiger partial charge is 0.251 e. The van der Waals surface area contributed by atoms with Gasteiger partial charge in [-0.05, 0) is 54.8 Å². The summed E-state index contributed by atoms with van der Waals surface area (Å²) >= 11 is 0. The summed E-state index contributed by atoms with van der Waals surface area (Å²) < 4.78 is 21.8. The van der Waals surface area contributed by atoms with Gasteiger partial charge in [-0.15, -0.1) is 0 Å². The highest BCUT2D eigenvalue weighted by Gasteiger charge is 2.17. The van der Waals surface area contributed by atoms with E-state index >= 15 is 0 Å². The van der Waals surface area contributed by atoms with Crippen LogP contribution < -0.4 is 24.3 Å². The fraction of sp³-hybridized carbons (Fsp3) is 0.316. The molecule has 1 N–H and O–H groups in total. The quantitative estimate of drug-likeness (QED) is 0.925. The Morgan fingerprint density at radius 3 is 2.52 bits per heavy atom. The molecule has 1 amide bonds. The summed E-state index contributed by atoms with van der Waals surface area (Å²) in [7, 11) is 0. The summed E-state index contributed by atoms with van der Waals surface area (Å²) in [6.45, 7) is 3.92. The Bertz CT molecular complexity index is 818. The van der Waals surface area contributed by atoms with E-state index < -0.39 is 0 Å². The van der Waals surface area contributed by atoms with E-state index in [1.54, 1.807) is 18.2 Å². The molecule has 2 aromatic rings. The summed E-state index contributed by atoms with van der Waals surface area (Å²) in [5, 5.41) is 2.94. The third kappa shape index (κ3) is 3.20. The maximum Gasteiger partial charge on any atom is 0.251 e. The van der Waals surface area contributed by atoms with Crippen LogP contribution in [-0.4, -0.2) is 32.5 Å². The molecule has 0 atom stereocenters. The Labute approximate surface area is 145 Å². The van der Waals surface area contributed by atoms with Crippen molar-refractivity contribution in [2.75, 3.05) is 26.6 Å². The first-order valence-corrected chi connectivity index (χ1v) is 8.28. The van der Waals surface area contributed by atoms with Crippen molar-refractivity contribution in [3.8, 4) is 23.0 Å². The van der Waals surface area contributed by atoms with Gasteiger partial charge >= 0.3 is 0 Å². The normalized spacial score (nSPS) is 14.3. The third-order valence-corrected chi connectivity index (χ3v) is 4.32. The number of carbonyl (C=O) groups excluding carboxylic acids is 1. The molecule has 2 heterocycles. The topological polar surface area (TPSA) is 66.0 Å². The van der Waals surface area contributed by atoms with Gasteiger partial charge in [0.05, 0.1) is 0 Å². The first-order chi connectivity index (χ1) is 12.2. The minimum absolute atomic E-state index is 0.131. The summed E-state index contributed by atoms with van der Waals surface area (Å²) in [5.74, 6) is 2.71. The molecule has 0 bridgehead atoms. The Balaban J connectivity index is 1.38. The number of hydrogen-bond donors (Lipinski definition) is 1. The highest BCUT2D eigenvalue weighted by molar-refractivity contribution is 5.94. The van der Waals surface area contributed by atoms with Gasteiger partial charge in [-0.2, -0.15) is 0 Å². The molecule has 0 saturated carbocycles. The molecule has 2 aromatic carbocycles. The van der Waals surface area contributed by atoms with Crippen LogP contribution in [0.5, 0.6) is 23.0 Å². The van der Waals surface area contributed by atoms with Gasteiger partial charge < -0.3 is 24.3 Å². The molecule has 0 aromatic heterocycles. The monoisotopic (exact) mass is 341 g/mol. The van der Waals surface area contributed by atoms with E-state index in [0.29, 0.717) is 36.8 Å². The second kappa shape index (κ2) is 6.55. The minimum atomic E-state index is -0.131. The van der Waals surface area contributed by atoms with Gasteiger partial charge in [0.2, 0.25) is 6.79 Å². The molecule has 2 aliphatic heterocycles. The van der Waals surface area contributed by atoms with Gasteiger partial charge in [0.1, 0.15) is 13.2 Å². The van der Waals surface area contributed by atoms with Crippen LogP contribution in [0.3, 0.4) is 0 Å². The third-order valence-electron chi connectivity index (χ3n) is 4.32. The zero-order valence-electron chi connectivity index (χ0n) is 14.0. The largest absolute Gasteiger partial charge is 0.486 e. The van der Waals surface area contributed by atoms with E-state index in [2.05, 4.69) is 5.32 Å². The number of fused-ring (bicyclic) bond motifs is 2. The van der Waals surface area contributed by atoms with Crippen LogP contribution in [0.4, 0.5) is 0 Å². The Hall–Kier alpha value is -2.89. The van der Waals surface area contributed by atoms with Gasteiger partial charge in [-0.3, -0.25) is 4.79 Å². The molecule has 6 heteroatoms. The Morgan fingerprint density at radius 2 is 1.68 bits per heavy atom. The molecule has 0 saturated heterocycles. The number of rotatable bonds is 4. The van der Waals surface area contributed by atoms with Crippen LogP contribution in [0, 0.1) is 6.92 Å². The fourth-order valence-corrected chi connectivity index (χ4v) is 2.95. The molecule has 2 aliphatic rings. The molecule has 25 heavy (non-hydrogen) atoms. The van der Waals surface area contributed by atoms with E-state index in [0.717, 1.165) is 29.0 Å². The average molecular weight is 341 g/mol. The number of amides is 1. The number of nitrogens with one attached hydrogen (secondary N) is 1. The predicted octanol–water partition coefficient (Wildman–Crippen LogP) is 2.47. The van der Waals surface area contributed by atoms with Crippen molar-refractivity contribution in [1.29, 1.82) is 0 Å². The van der Waals surface area contributed by atoms with Gasteiger partial charge in [0.15, 0.2) is 23.0 Å². The molecular weight excluding hydrogens is 322 g/mol. The fourth-order valence-electron chi connectivity index (χ4n) is 2.95. The minimum Gasteiger partial charge on any atom is -0.486 e. The lowest BCUT2D eigenvalue weighted by Crippen LogP contribution is -2.26. The molecule has 4 rings (SSSR count). The van der Waals surface area contributed by atoms with Crippen molar-refractivity contribution >= 4 is 5.91 Å². The van der Waals surface area contributed by atoms with Crippen LogP contribution in [0.25, 0.3) is 0 Å². The number of ether oxygens (including phenoxy) is 4. The average Bonchev–Trinajstić information content (AvgIpc) is 3.09. The first-order valence-electron chi connectivity index (χ1n) is 8.28. The zero-order chi connectivity index (χ0) is 17.2. The summed E-state index contributed by atoms with van der Waals surface area (Å²) in [6, 6.07) is 9.17. The first kappa shape index (κ1) is 15.6. The molecule has 130 valence electrons. The lowest BCUT2D eigenvalue weighted by atomic mass is 10.0. The molecule has 6 nitrogen and oxygen atoms in total. The van der Waals surface area contributed by atoms with E-state index in [9.17, 15) is 4.79 Å². The van der Waals surface area contributed by atoms with Gasteiger partial charge in [0, 0.05) is 12.1 Å². The number of benzene rings is 2. The van der Waals surface area contributed by atoms with Crippen LogP contribution in [-0.2, 0) is 6.42 Å². The Kier molecular flexibility index (Phi) is 4.09. The molecule has 0 spiro atoms. The summed E-state index contributed by atoms with van der Waals surface area (Å²) in [4.78, 5) is 12.3. The van der Waals surface area contributed by atoms with Crippen LogP contribution in [0.2, 0.25) is 0 Å². The second-order valence-electron chi connectivity index (χ2n) is 6.00. The molecular formula is C19H19NO5. The molecule has 0 aliphatic carbocycles. The Morgan fingerprint density at radius 1 is 0.960 bits per heavy atom. The SMILES string of the molecule is Cc1cc2c(cc1CCNC(=O)c1ccc3c(c1)OCO3)OCCO2. The highest BCUT2D eigenvalue weighted by atomic mass is 16.7. The number of aryl methyl sites for hydroxylation is 1. The lowest BCUT2D eigenvalue weighted by molar-refractivity contribution is 0.0953.